The summed E-state index contributed by atoms with van der Waals surface area (Å²) in [7, 11) is -2.00. The molecule has 2 aromatic rings. The number of sulfonamides is 1. The number of nitrogens with one attached hydrogen (secondary N) is 2. The molecule has 3 rings (SSSR count). The van der Waals surface area contributed by atoms with Crippen LogP contribution in [-0.4, -0.2) is 44.4 Å². The summed E-state index contributed by atoms with van der Waals surface area (Å²) in [5.41, 5.74) is 0.689. The third-order valence-electron chi connectivity index (χ3n) is 3.88. The number of rotatable bonds is 6. The molecule has 124 valence electrons. The molecular formula is C15H20N4O3S. The van der Waals surface area contributed by atoms with Crippen LogP contribution < -0.4 is 14.8 Å². The molecule has 8 heteroatoms. The molecule has 1 atom stereocenters. The van der Waals surface area contributed by atoms with E-state index in [1.807, 2.05) is 18.2 Å². The van der Waals surface area contributed by atoms with Crippen molar-refractivity contribution in [3.05, 3.63) is 36.7 Å². The van der Waals surface area contributed by atoms with Crippen LogP contribution in [0.5, 0.6) is 5.75 Å². The number of nitrogens with zero attached hydrogens (tertiary/aromatic N) is 2. The molecule has 7 nitrogen and oxygen atoms in total. The molecule has 2 heterocycles. The Morgan fingerprint density at radius 3 is 3.00 bits per heavy atom. The Labute approximate surface area is 135 Å². The van der Waals surface area contributed by atoms with Crippen molar-refractivity contribution in [3.8, 4) is 11.4 Å². The Kier molecular flexibility index (Phi) is 4.65. The molecule has 0 saturated carbocycles. The summed E-state index contributed by atoms with van der Waals surface area (Å²) in [4.78, 5) is 0.140. The topological polar surface area (TPSA) is 85.2 Å². The zero-order chi connectivity index (χ0) is 16.3. The molecule has 23 heavy (non-hydrogen) atoms. The van der Waals surface area contributed by atoms with E-state index in [9.17, 15) is 8.42 Å². The van der Waals surface area contributed by atoms with Gasteiger partial charge in [-0.3, -0.25) is 0 Å². The molecule has 1 aromatic carbocycles. The van der Waals surface area contributed by atoms with E-state index in [-0.39, 0.29) is 10.9 Å². The van der Waals surface area contributed by atoms with Gasteiger partial charge in [-0.15, -0.1) is 0 Å². The lowest BCUT2D eigenvalue weighted by Gasteiger charge is -2.11. The van der Waals surface area contributed by atoms with Gasteiger partial charge in [0.15, 0.2) is 0 Å². The van der Waals surface area contributed by atoms with Crippen molar-refractivity contribution >= 4 is 10.0 Å². The van der Waals surface area contributed by atoms with Crippen molar-refractivity contribution in [1.82, 2.24) is 19.8 Å². The molecular weight excluding hydrogens is 316 g/mol. The van der Waals surface area contributed by atoms with Crippen molar-refractivity contribution in [2.24, 2.45) is 0 Å². The minimum Gasteiger partial charge on any atom is -0.494 e. The zero-order valence-electron chi connectivity index (χ0n) is 12.9. The molecule has 0 amide bonds. The first-order valence-corrected chi connectivity index (χ1v) is 8.99. The van der Waals surface area contributed by atoms with Gasteiger partial charge in [0.25, 0.3) is 0 Å². The molecule has 0 spiro atoms. The molecule has 1 aromatic heterocycles. The second-order valence-corrected chi connectivity index (χ2v) is 7.20. The fourth-order valence-electron chi connectivity index (χ4n) is 2.62. The number of methoxy groups -OCH3 is 1. The summed E-state index contributed by atoms with van der Waals surface area (Å²) in [6.45, 7) is 1.33. The molecule has 1 unspecified atom stereocenters. The first-order chi connectivity index (χ1) is 11.1. The van der Waals surface area contributed by atoms with Crippen LogP contribution in [0.2, 0.25) is 0 Å². The van der Waals surface area contributed by atoms with Gasteiger partial charge < -0.3 is 10.1 Å². The average Bonchev–Trinajstić information content (AvgIpc) is 3.24. The number of hydrogen-bond donors (Lipinski definition) is 2. The van der Waals surface area contributed by atoms with Crippen molar-refractivity contribution in [1.29, 1.82) is 0 Å². The molecule has 2 N–H and O–H groups in total. The van der Waals surface area contributed by atoms with Crippen LogP contribution in [0.25, 0.3) is 5.69 Å². The lowest BCUT2D eigenvalue weighted by Crippen LogP contribution is -2.37. The van der Waals surface area contributed by atoms with Crippen LogP contribution in [0.15, 0.2) is 41.6 Å². The molecule has 1 aliphatic rings. The summed E-state index contributed by atoms with van der Waals surface area (Å²) in [5, 5.41) is 7.41. The standard InChI is InChI=1S/C15H20N4O3S/c1-22-15-7-3-2-6-14(15)19-11-13(10-17-19)23(20,21)18-9-12-5-4-8-16-12/h2-3,6-7,10-12,16,18H,4-5,8-9H2,1H3. The Morgan fingerprint density at radius 2 is 2.26 bits per heavy atom. The van der Waals surface area contributed by atoms with Gasteiger partial charge in [0.1, 0.15) is 16.3 Å². The Morgan fingerprint density at radius 1 is 1.43 bits per heavy atom. The third-order valence-corrected chi connectivity index (χ3v) is 5.26. The first kappa shape index (κ1) is 16.0. The highest BCUT2D eigenvalue weighted by atomic mass is 32.2. The highest BCUT2D eigenvalue weighted by Gasteiger charge is 2.21. The monoisotopic (exact) mass is 336 g/mol. The number of benzene rings is 1. The predicted octanol–water partition coefficient (Wildman–Crippen LogP) is 0.911. The van der Waals surface area contributed by atoms with Gasteiger partial charge in [0.05, 0.1) is 19.5 Å². The molecule has 0 bridgehead atoms. The van der Waals surface area contributed by atoms with Gasteiger partial charge in [-0.05, 0) is 31.5 Å². The van der Waals surface area contributed by atoms with Crippen LogP contribution in [0.3, 0.4) is 0 Å². The SMILES string of the molecule is COc1ccccc1-n1cc(S(=O)(=O)NCC2CCCN2)cn1. The fourth-order valence-corrected chi connectivity index (χ4v) is 3.63. The van der Waals surface area contributed by atoms with Gasteiger partial charge in [0.2, 0.25) is 10.0 Å². The van der Waals surface area contributed by atoms with Gasteiger partial charge in [0, 0.05) is 12.6 Å². The van der Waals surface area contributed by atoms with Crippen molar-refractivity contribution in [3.63, 3.8) is 0 Å². The first-order valence-electron chi connectivity index (χ1n) is 7.51. The summed E-state index contributed by atoms with van der Waals surface area (Å²) >= 11 is 0. The van der Waals surface area contributed by atoms with Crippen LogP contribution in [0.4, 0.5) is 0 Å². The molecule has 1 aliphatic heterocycles. The van der Waals surface area contributed by atoms with Crippen LogP contribution >= 0.6 is 0 Å². The maximum absolute atomic E-state index is 12.4. The maximum Gasteiger partial charge on any atom is 0.243 e. The minimum absolute atomic E-state index is 0.140. The predicted molar refractivity (Wildman–Crippen MR) is 86.3 cm³/mol. The summed E-state index contributed by atoms with van der Waals surface area (Å²) < 4.78 is 34.1. The van der Waals surface area contributed by atoms with E-state index >= 15 is 0 Å². The Bertz CT molecular complexity index is 767. The number of hydrogen-bond acceptors (Lipinski definition) is 5. The lowest BCUT2D eigenvalue weighted by molar-refractivity contribution is 0.411. The quantitative estimate of drug-likeness (QED) is 0.819. The molecule has 0 aliphatic carbocycles. The summed E-state index contributed by atoms with van der Waals surface area (Å²) in [6, 6.07) is 7.51. The van der Waals surface area contributed by atoms with Gasteiger partial charge in [-0.25, -0.2) is 17.8 Å². The highest BCUT2D eigenvalue weighted by Crippen LogP contribution is 2.22. The maximum atomic E-state index is 12.4. The molecule has 0 radical (unpaired) electrons. The van der Waals surface area contributed by atoms with Gasteiger partial charge in [-0.2, -0.15) is 5.10 Å². The van der Waals surface area contributed by atoms with E-state index in [1.165, 1.54) is 17.1 Å². The van der Waals surface area contributed by atoms with Crippen LogP contribution in [0, 0.1) is 0 Å². The van der Waals surface area contributed by atoms with Crippen molar-refractivity contribution in [2.75, 3.05) is 20.2 Å². The van der Waals surface area contributed by atoms with Crippen LogP contribution in [0.1, 0.15) is 12.8 Å². The van der Waals surface area contributed by atoms with E-state index in [0.717, 1.165) is 19.4 Å². The number of aromatic nitrogens is 2. The largest absolute Gasteiger partial charge is 0.494 e. The molecule has 1 fully saturated rings. The zero-order valence-corrected chi connectivity index (χ0v) is 13.7. The highest BCUT2D eigenvalue weighted by molar-refractivity contribution is 7.89. The van der Waals surface area contributed by atoms with Gasteiger partial charge >= 0.3 is 0 Å². The van der Waals surface area contributed by atoms with E-state index < -0.39 is 10.0 Å². The second kappa shape index (κ2) is 6.69. The Hall–Kier alpha value is -1.90. The summed E-state index contributed by atoms with van der Waals surface area (Å²) in [5.74, 6) is 0.627. The van der Waals surface area contributed by atoms with Gasteiger partial charge in [-0.1, -0.05) is 12.1 Å². The number of ether oxygens (including phenoxy) is 1. The van der Waals surface area contributed by atoms with E-state index in [2.05, 4.69) is 15.1 Å². The smallest absolute Gasteiger partial charge is 0.243 e. The van der Waals surface area contributed by atoms with E-state index in [1.54, 1.807) is 13.2 Å². The fraction of sp³-hybridized carbons (Fsp3) is 0.400. The number of para-hydroxylation sites is 2. The second-order valence-electron chi connectivity index (χ2n) is 5.44. The van der Waals surface area contributed by atoms with Crippen LogP contribution in [-0.2, 0) is 10.0 Å². The average molecular weight is 336 g/mol. The summed E-state index contributed by atoms with van der Waals surface area (Å²) in [6.07, 6.45) is 4.90. The lowest BCUT2D eigenvalue weighted by atomic mass is 10.2. The Balaban J connectivity index is 1.77. The van der Waals surface area contributed by atoms with E-state index in [0.29, 0.717) is 18.0 Å². The molecule has 1 saturated heterocycles. The normalized spacial score (nSPS) is 18.2. The van der Waals surface area contributed by atoms with Crippen molar-refractivity contribution in [2.45, 2.75) is 23.8 Å². The van der Waals surface area contributed by atoms with Crippen molar-refractivity contribution < 1.29 is 13.2 Å². The van der Waals surface area contributed by atoms with E-state index in [4.69, 9.17) is 4.74 Å². The third kappa shape index (κ3) is 3.54. The minimum atomic E-state index is -3.57.